The normalized spacial score (nSPS) is 35.8. The summed E-state index contributed by atoms with van der Waals surface area (Å²) in [6.07, 6.45) is -1.71. The summed E-state index contributed by atoms with van der Waals surface area (Å²) in [6, 6.07) is 0. The fourth-order valence-electron chi connectivity index (χ4n) is 2.36. The SMILES string of the molecule is O=C(O)CCCCC(=O)O[C@@]1(O)CO[C@@H]2[C@H](O)CO[C@@H]21. The lowest BCUT2D eigenvalue weighted by Gasteiger charge is -2.26. The molecule has 114 valence electrons. The third-order valence-corrected chi connectivity index (χ3v) is 3.36. The molecule has 0 aromatic carbocycles. The smallest absolute Gasteiger partial charge is 0.308 e. The van der Waals surface area contributed by atoms with Gasteiger partial charge in [-0.2, -0.15) is 0 Å². The first-order chi connectivity index (χ1) is 9.42. The van der Waals surface area contributed by atoms with Crippen molar-refractivity contribution in [3.63, 3.8) is 0 Å². The molecule has 0 saturated carbocycles. The van der Waals surface area contributed by atoms with Crippen LogP contribution in [0.5, 0.6) is 0 Å². The van der Waals surface area contributed by atoms with E-state index >= 15 is 0 Å². The summed E-state index contributed by atoms with van der Waals surface area (Å²) < 4.78 is 15.3. The standard InChI is InChI=1S/C12H18O8/c13-7-5-18-11-10(7)19-6-12(11,17)20-9(16)4-2-1-3-8(14)15/h7,10-11,13,17H,1-6H2,(H,14,15)/t7-,10-,11+,12+/m1/s1. The third kappa shape index (κ3) is 3.26. The Hall–Kier alpha value is -1.22. The topological polar surface area (TPSA) is 123 Å². The van der Waals surface area contributed by atoms with Crippen LogP contribution in [0.15, 0.2) is 0 Å². The zero-order valence-corrected chi connectivity index (χ0v) is 10.9. The van der Waals surface area contributed by atoms with Crippen LogP contribution in [0.2, 0.25) is 0 Å². The monoisotopic (exact) mass is 290 g/mol. The zero-order valence-electron chi connectivity index (χ0n) is 10.9. The van der Waals surface area contributed by atoms with Crippen molar-refractivity contribution < 1.29 is 39.1 Å². The Balaban J connectivity index is 1.77. The number of ether oxygens (including phenoxy) is 3. The first-order valence-electron chi connectivity index (χ1n) is 6.49. The van der Waals surface area contributed by atoms with Crippen LogP contribution in [0.1, 0.15) is 25.7 Å². The van der Waals surface area contributed by atoms with Gasteiger partial charge in [-0.15, -0.1) is 0 Å². The number of fused-ring (bicyclic) bond motifs is 1. The highest BCUT2D eigenvalue weighted by Crippen LogP contribution is 2.35. The lowest BCUT2D eigenvalue weighted by atomic mass is 10.1. The van der Waals surface area contributed by atoms with Crippen LogP contribution in [0.25, 0.3) is 0 Å². The van der Waals surface area contributed by atoms with E-state index in [9.17, 15) is 19.8 Å². The average molecular weight is 290 g/mol. The Morgan fingerprint density at radius 2 is 1.95 bits per heavy atom. The molecule has 2 rings (SSSR count). The van der Waals surface area contributed by atoms with Crippen LogP contribution >= 0.6 is 0 Å². The first kappa shape index (κ1) is 15.2. The number of carboxylic acids is 1. The van der Waals surface area contributed by atoms with E-state index < -0.39 is 36.0 Å². The fourth-order valence-corrected chi connectivity index (χ4v) is 2.36. The summed E-state index contributed by atoms with van der Waals surface area (Å²) in [5.41, 5.74) is 0. The maximum atomic E-state index is 11.6. The number of hydrogen-bond donors (Lipinski definition) is 3. The maximum absolute atomic E-state index is 11.6. The van der Waals surface area contributed by atoms with Gasteiger partial charge in [0.05, 0.1) is 6.61 Å². The van der Waals surface area contributed by atoms with Crippen molar-refractivity contribution in [2.24, 2.45) is 0 Å². The van der Waals surface area contributed by atoms with Crippen molar-refractivity contribution in [2.75, 3.05) is 13.2 Å². The van der Waals surface area contributed by atoms with Gasteiger partial charge in [-0.3, -0.25) is 9.59 Å². The minimum absolute atomic E-state index is 0.00945. The quantitative estimate of drug-likeness (QED) is 0.324. The molecule has 2 saturated heterocycles. The van der Waals surface area contributed by atoms with Gasteiger partial charge >= 0.3 is 11.9 Å². The second kappa shape index (κ2) is 6.04. The van der Waals surface area contributed by atoms with E-state index in [2.05, 4.69) is 0 Å². The molecule has 0 spiro atoms. The molecule has 0 amide bonds. The van der Waals surface area contributed by atoms with Gasteiger partial charge in [-0.1, -0.05) is 0 Å². The molecular weight excluding hydrogens is 272 g/mol. The molecule has 8 nitrogen and oxygen atoms in total. The third-order valence-electron chi connectivity index (χ3n) is 3.36. The summed E-state index contributed by atoms with van der Waals surface area (Å²) in [6.45, 7) is -0.228. The predicted octanol–water partition coefficient (Wildman–Crippen LogP) is -0.978. The molecule has 0 aromatic rings. The Bertz CT molecular complexity index is 384. The van der Waals surface area contributed by atoms with Crippen LogP contribution in [0.4, 0.5) is 0 Å². The molecule has 0 aliphatic carbocycles. The zero-order chi connectivity index (χ0) is 14.8. The van der Waals surface area contributed by atoms with E-state index in [1.807, 2.05) is 0 Å². The first-order valence-corrected chi connectivity index (χ1v) is 6.49. The average Bonchev–Trinajstić information content (AvgIpc) is 2.88. The molecule has 3 N–H and O–H groups in total. The Kier molecular flexibility index (Phi) is 4.59. The van der Waals surface area contributed by atoms with Crippen molar-refractivity contribution in [3.8, 4) is 0 Å². The Morgan fingerprint density at radius 3 is 2.65 bits per heavy atom. The molecule has 0 aromatic heterocycles. The molecule has 8 heteroatoms. The fraction of sp³-hybridized carbons (Fsp3) is 0.833. The molecule has 2 heterocycles. The van der Waals surface area contributed by atoms with E-state index in [-0.39, 0.29) is 26.1 Å². The second-order valence-corrected chi connectivity index (χ2v) is 5.02. The van der Waals surface area contributed by atoms with E-state index in [0.717, 1.165) is 0 Å². The molecular formula is C12H18O8. The Labute approximate surface area is 115 Å². The lowest BCUT2D eigenvalue weighted by Crippen LogP contribution is -2.47. The number of carbonyl (C=O) groups excluding carboxylic acids is 1. The summed E-state index contributed by atoms with van der Waals surface area (Å²) in [5.74, 6) is -3.45. The van der Waals surface area contributed by atoms with Gasteiger partial charge in [0.1, 0.15) is 18.8 Å². The van der Waals surface area contributed by atoms with Crippen molar-refractivity contribution in [1.82, 2.24) is 0 Å². The van der Waals surface area contributed by atoms with E-state index in [1.54, 1.807) is 0 Å². The molecule has 2 aliphatic rings. The van der Waals surface area contributed by atoms with Gasteiger partial charge in [-0.25, -0.2) is 0 Å². The largest absolute Gasteiger partial charge is 0.481 e. The van der Waals surface area contributed by atoms with E-state index in [1.165, 1.54) is 0 Å². The van der Waals surface area contributed by atoms with Gasteiger partial charge < -0.3 is 29.5 Å². The van der Waals surface area contributed by atoms with Gasteiger partial charge in [-0.05, 0) is 12.8 Å². The van der Waals surface area contributed by atoms with Crippen molar-refractivity contribution >= 4 is 11.9 Å². The van der Waals surface area contributed by atoms with Crippen molar-refractivity contribution in [2.45, 2.75) is 49.8 Å². The highest BCUT2D eigenvalue weighted by molar-refractivity contribution is 5.70. The summed E-state index contributed by atoms with van der Waals surface area (Å²) in [4.78, 5) is 21.9. The lowest BCUT2D eigenvalue weighted by molar-refractivity contribution is -0.237. The van der Waals surface area contributed by atoms with Crippen molar-refractivity contribution in [1.29, 1.82) is 0 Å². The highest BCUT2D eigenvalue weighted by atomic mass is 16.7. The number of rotatable bonds is 6. The van der Waals surface area contributed by atoms with Crippen molar-refractivity contribution in [3.05, 3.63) is 0 Å². The molecule has 2 fully saturated rings. The van der Waals surface area contributed by atoms with Crippen LogP contribution in [-0.4, -0.2) is 64.6 Å². The number of carbonyl (C=O) groups is 2. The number of carboxylic acid groups (broad SMARTS) is 1. The number of aliphatic hydroxyl groups is 2. The minimum atomic E-state index is -1.88. The molecule has 0 unspecified atom stereocenters. The van der Waals surface area contributed by atoms with Crippen LogP contribution in [0.3, 0.4) is 0 Å². The minimum Gasteiger partial charge on any atom is -0.481 e. The molecule has 20 heavy (non-hydrogen) atoms. The number of esters is 1. The van der Waals surface area contributed by atoms with Crippen LogP contribution in [0, 0.1) is 0 Å². The molecule has 4 atom stereocenters. The molecule has 0 radical (unpaired) electrons. The van der Waals surface area contributed by atoms with E-state index in [4.69, 9.17) is 19.3 Å². The molecule has 0 bridgehead atoms. The number of hydrogen-bond acceptors (Lipinski definition) is 7. The number of aliphatic carboxylic acids is 1. The number of aliphatic hydroxyl groups excluding tert-OH is 1. The maximum Gasteiger partial charge on any atom is 0.308 e. The summed E-state index contributed by atoms with van der Waals surface area (Å²) in [5, 5.41) is 28.2. The summed E-state index contributed by atoms with van der Waals surface area (Å²) in [7, 11) is 0. The summed E-state index contributed by atoms with van der Waals surface area (Å²) >= 11 is 0. The van der Waals surface area contributed by atoms with Crippen LogP contribution < -0.4 is 0 Å². The van der Waals surface area contributed by atoms with Gasteiger partial charge in [0.15, 0.2) is 6.10 Å². The predicted molar refractivity (Wildman–Crippen MR) is 62.6 cm³/mol. The van der Waals surface area contributed by atoms with Crippen LogP contribution in [-0.2, 0) is 23.8 Å². The number of unbranched alkanes of at least 4 members (excludes halogenated alkanes) is 1. The molecule has 2 aliphatic heterocycles. The van der Waals surface area contributed by atoms with Gasteiger partial charge in [0.25, 0.3) is 5.79 Å². The van der Waals surface area contributed by atoms with Gasteiger partial charge in [0.2, 0.25) is 0 Å². The Morgan fingerprint density at radius 1 is 1.25 bits per heavy atom. The van der Waals surface area contributed by atoms with E-state index in [0.29, 0.717) is 12.8 Å². The van der Waals surface area contributed by atoms with Gasteiger partial charge in [0, 0.05) is 12.8 Å². The second-order valence-electron chi connectivity index (χ2n) is 5.02. The highest BCUT2D eigenvalue weighted by Gasteiger charge is 2.58.